The number of halogens is 1. The van der Waals surface area contributed by atoms with Gasteiger partial charge >= 0.3 is 5.97 Å². The van der Waals surface area contributed by atoms with Gasteiger partial charge in [0.05, 0.1) is 5.92 Å². The molecular formula is C14H15ClN2O4. The summed E-state index contributed by atoms with van der Waals surface area (Å²) in [5.41, 5.74) is 6.11. The van der Waals surface area contributed by atoms with Crippen molar-refractivity contribution in [3.05, 3.63) is 34.3 Å². The predicted octanol–water partition coefficient (Wildman–Crippen LogP) is 1.26. The van der Waals surface area contributed by atoms with E-state index in [-0.39, 0.29) is 31.0 Å². The van der Waals surface area contributed by atoms with Gasteiger partial charge in [-0.1, -0.05) is 17.7 Å². The SMILES string of the molecule is NC(=O)c1ccc(CN2CC(C(=O)O)CCC2=O)c(Cl)c1. The van der Waals surface area contributed by atoms with Gasteiger partial charge in [-0.15, -0.1) is 0 Å². The number of hydrogen-bond donors (Lipinski definition) is 2. The van der Waals surface area contributed by atoms with Crippen LogP contribution in [0.25, 0.3) is 0 Å². The molecule has 21 heavy (non-hydrogen) atoms. The van der Waals surface area contributed by atoms with Crippen LogP contribution < -0.4 is 5.73 Å². The summed E-state index contributed by atoms with van der Waals surface area (Å²) >= 11 is 6.08. The molecule has 1 atom stereocenters. The number of likely N-dealkylation sites (tertiary alicyclic amines) is 1. The number of nitrogens with two attached hydrogens (primary N) is 1. The lowest BCUT2D eigenvalue weighted by molar-refractivity contribution is -0.147. The second kappa shape index (κ2) is 6.13. The molecule has 0 saturated carbocycles. The minimum atomic E-state index is -0.900. The number of carbonyl (C=O) groups is 3. The molecule has 1 unspecified atom stereocenters. The number of piperidine rings is 1. The van der Waals surface area contributed by atoms with Crippen molar-refractivity contribution < 1.29 is 19.5 Å². The normalized spacial score (nSPS) is 18.6. The number of aliphatic carboxylic acids is 1. The molecule has 1 heterocycles. The molecule has 6 nitrogen and oxygen atoms in total. The summed E-state index contributed by atoms with van der Waals surface area (Å²) in [5.74, 6) is -2.12. The second-order valence-electron chi connectivity index (χ2n) is 5.02. The monoisotopic (exact) mass is 310 g/mol. The zero-order valence-corrected chi connectivity index (χ0v) is 12.0. The fourth-order valence-corrected chi connectivity index (χ4v) is 2.54. The first-order valence-electron chi connectivity index (χ1n) is 6.47. The molecule has 0 spiro atoms. The molecule has 1 aromatic rings. The van der Waals surface area contributed by atoms with Crippen molar-refractivity contribution in [2.75, 3.05) is 6.54 Å². The topological polar surface area (TPSA) is 101 Å². The lowest BCUT2D eigenvalue weighted by atomic mass is 9.97. The third-order valence-corrected chi connectivity index (χ3v) is 3.90. The van der Waals surface area contributed by atoms with E-state index in [1.807, 2.05) is 0 Å². The number of carboxylic acids is 1. The van der Waals surface area contributed by atoms with Gasteiger partial charge in [0.1, 0.15) is 0 Å². The van der Waals surface area contributed by atoms with Gasteiger partial charge in [-0.25, -0.2) is 0 Å². The molecule has 2 amide bonds. The quantitative estimate of drug-likeness (QED) is 0.874. The maximum Gasteiger partial charge on any atom is 0.308 e. The molecule has 1 aliphatic heterocycles. The van der Waals surface area contributed by atoms with Gasteiger partial charge in [-0.3, -0.25) is 14.4 Å². The van der Waals surface area contributed by atoms with Gasteiger partial charge in [0.25, 0.3) is 0 Å². The van der Waals surface area contributed by atoms with Crippen LogP contribution in [0.3, 0.4) is 0 Å². The Morgan fingerprint density at radius 3 is 2.71 bits per heavy atom. The zero-order chi connectivity index (χ0) is 15.6. The first kappa shape index (κ1) is 15.3. The van der Waals surface area contributed by atoms with E-state index in [1.165, 1.54) is 17.0 Å². The molecule has 7 heteroatoms. The van der Waals surface area contributed by atoms with Crippen LogP contribution in [0, 0.1) is 5.92 Å². The Morgan fingerprint density at radius 2 is 2.14 bits per heavy atom. The summed E-state index contributed by atoms with van der Waals surface area (Å²) in [6.07, 6.45) is 0.576. The minimum absolute atomic E-state index is 0.0949. The number of nitrogens with zero attached hydrogens (tertiary/aromatic N) is 1. The third-order valence-electron chi connectivity index (χ3n) is 3.55. The molecule has 1 aromatic carbocycles. The highest BCUT2D eigenvalue weighted by atomic mass is 35.5. The van der Waals surface area contributed by atoms with Crippen molar-refractivity contribution in [1.29, 1.82) is 0 Å². The highest BCUT2D eigenvalue weighted by molar-refractivity contribution is 6.31. The van der Waals surface area contributed by atoms with Crippen molar-refractivity contribution in [3.8, 4) is 0 Å². The van der Waals surface area contributed by atoms with Gasteiger partial charge in [0.15, 0.2) is 0 Å². The van der Waals surface area contributed by atoms with Crippen LogP contribution in [0.5, 0.6) is 0 Å². The number of rotatable bonds is 4. The maximum atomic E-state index is 11.9. The standard InChI is InChI=1S/C14H15ClN2O4/c15-11-5-8(13(16)19)1-2-9(11)6-17-7-10(14(20)21)3-4-12(17)18/h1-2,5,10H,3-4,6-7H2,(H2,16,19)(H,20,21). The maximum absolute atomic E-state index is 11.9. The number of primary amides is 1. The summed E-state index contributed by atoms with van der Waals surface area (Å²) < 4.78 is 0. The first-order valence-corrected chi connectivity index (χ1v) is 6.85. The minimum Gasteiger partial charge on any atom is -0.481 e. The highest BCUT2D eigenvalue weighted by Crippen LogP contribution is 2.24. The van der Waals surface area contributed by atoms with Gasteiger partial charge < -0.3 is 15.7 Å². The number of benzene rings is 1. The number of hydrogen-bond acceptors (Lipinski definition) is 3. The zero-order valence-electron chi connectivity index (χ0n) is 11.2. The van der Waals surface area contributed by atoms with Gasteiger partial charge in [-0.2, -0.15) is 0 Å². The van der Waals surface area contributed by atoms with E-state index in [0.717, 1.165) is 0 Å². The van der Waals surface area contributed by atoms with Gasteiger partial charge in [-0.05, 0) is 24.1 Å². The third kappa shape index (κ3) is 3.52. The van der Waals surface area contributed by atoms with Crippen LogP contribution in [-0.4, -0.2) is 34.3 Å². The smallest absolute Gasteiger partial charge is 0.308 e. The number of carboxylic acid groups (broad SMARTS) is 1. The molecule has 1 fully saturated rings. The van der Waals surface area contributed by atoms with Crippen LogP contribution in [0.4, 0.5) is 0 Å². The summed E-state index contributed by atoms with van der Waals surface area (Å²) in [4.78, 5) is 35.4. The van der Waals surface area contributed by atoms with Gasteiger partial charge in [0, 0.05) is 30.1 Å². The summed E-state index contributed by atoms with van der Waals surface area (Å²) in [7, 11) is 0. The Morgan fingerprint density at radius 1 is 1.43 bits per heavy atom. The molecule has 0 aliphatic carbocycles. The Labute approximate surface area is 126 Å². The largest absolute Gasteiger partial charge is 0.481 e. The predicted molar refractivity (Wildman–Crippen MR) is 75.7 cm³/mol. The van der Waals surface area contributed by atoms with E-state index in [4.69, 9.17) is 22.4 Å². The average Bonchev–Trinajstić information content (AvgIpc) is 2.42. The molecule has 0 radical (unpaired) electrons. The molecule has 0 aromatic heterocycles. The average molecular weight is 311 g/mol. The van der Waals surface area contributed by atoms with Crippen LogP contribution in [-0.2, 0) is 16.1 Å². The Bertz CT molecular complexity index is 603. The summed E-state index contributed by atoms with van der Waals surface area (Å²) in [5, 5.41) is 9.38. The summed E-state index contributed by atoms with van der Waals surface area (Å²) in [6, 6.07) is 4.61. The van der Waals surface area contributed by atoms with E-state index in [0.29, 0.717) is 17.0 Å². The fraction of sp³-hybridized carbons (Fsp3) is 0.357. The second-order valence-corrected chi connectivity index (χ2v) is 5.43. The molecule has 0 bridgehead atoms. The van der Waals surface area contributed by atoms with Crippen LogP contribution in [0.15, 0.2) is 18.2 Å². The number of carbonyl (C=O) groups excluding carboxylic acids is 2. The highest BCUT2D eigenvalue weighted by Gasteiger charge is 2.30. The molecule has 112 valence electrons. The van der Waals surface area contributed by atoms with Crippen molar-refractivity contribution in [3.63, 3.8) is 0 Å². The fourth-order valence-electron chi connectivity index (χ4n) is 2.30. The Hall–Kier alpha value is -2.08. The molecule has 1 aliphatic rings. The van der Waals surface area contributed by atoms with E-state index < -0.39 is 17.8 Å². The van der Waals surface area contributed by atoms with Crippen molar-refractivity contribution in [1.82, 2.24) is 4.90 Å². The van der Waals surface area contributed by atoms with Gasteiger partial charge in [0.2, 0.25) is 11.8 Å². The molecule has 3 N–H and O–H groups in total. The van der Waals surface area contributed by atoms with Crippen LogP contribution in [0.1, 0.15) is 28.8 Å². The van der Waals surface area contributed by atoms with Crippen LogP contribution in [0.2, 0.25) is 5.02 Å². The van der Waals surface area contributed by atoms with E-state index in [9.17, 15) is 14.4 Å². The Kier molecular flexibility index (Phi) is 4.47. The number of amides is 2. The van der Waals surface area contributed by atoms with Crippen molar-refractivity contribution in [2.45, 2.75) is 19.4 Å². The molecule has 2 rings (SSSR count). The lowest BCUT2D eigenvalue weighted by Gasteiger charge is -2.31. The Balaban J connectivity index is 2.14. The molecule has 1 saturated heterocycles. The first-order chi connectivity index (χ1) is 9.88. The molecular weight excluding hydrogens is 296 g/mol. The van der Waals surface area contributed by atoms with Crippen molar-refractivity contribution >= 4 is 29.4 Å². The van der Waals surface area contributed by atoms with Crippen molar-refractivity contribution in [2.24, 2.45) is 11.7 Å². The van der Waals surface area contributed by atoms with E-state index in [1.54, 1.807) is 6.07 Å². The van der Waals surface area contributed by atoms with E-state index >= 15 is 0 Å². The lowest BCUT2D eigenvalue weighted by Crippen LogP contribution is -2.42. The van der Waals surface area contributed by atoms with Crippen LogP contribution >= 0.6 is 11.6 Å². The van der Waals surface area contributed by atoms with E-state index in [2.05, 4.69) is 0 Å². The summed E-state index contributed by atoms with van der Waals surface area (Å²) in [6.45, 7) is 0.391.